The van der Waals surface area contributed by atoms with Gasteiger partial charge in [0.25, 0.3) is 0 Å². The first-order valence-electron chi connectivity index (χ1n) is 10.8. The molecule has 7 nitrogen and oxygen atoms in total. The predicted octanol–water partition coefficient (Wildman–Crippen LogP) is 3.84. The van der Waals surface area contributed by atoms with E-state index >= 15 is 0 Å². The Labute approximate surface area is 184 Å². The van der Waals surface area contributed by atoms with Gasteiger partial charge in [-0.15, -0.1) is 0 Å². The highest BCUT2D eigenvalue weighted by molar-refractivity contribution is 5.80. The number of guanidine groups is 1. The molecular formula is C24H32N4O3. The Hall–Kier alpha value is -3.09. The van der Waals surface area contributed by atoms with E-state index < -0.39 is 0 Å². The van der Waals surface area contributed by atoms with Gasteiger partial charge in [-0.05, 0) is 68.5 Å². The lowest BCUT2D eigenvalue weighted by molar-refractivity contribution is -0.146. The van der Waals surface area contributed by atoms with Crippen LogP contribution in [-0.4, -0.2) is 48.6 Å². The van der Waals surface area contributed by atoms with Crippen LogP contribution >= 0.6 is 0 Å². The minimum atomic E-state index is -0.116. The number of esters is 1. The number of hydrogen-bond donors (Lipinski definition) is 1. The molecule has 0 amide bonds. The smallest absolute Gasteiger partial charge is 0.308 e. The number of likely N-dealkylation sites (tertiary alicyclic amines) is 1. The third-order valence-electron chi connectivity index (χ3n) is 5.58. The van der Waals surface area contributed by atoms with Crippen molar-refractivity contribution in [2.24, 2.45) is 10.9 Å². The molecule has 1 aliphatic rings. The molecular weight excluding hydrogens is 392 g/mol. The SMILES string of the molecule is CCNC(=NCc1ccnc(Oc2ccc(C)c(C)c2)c1)N1CCC(C(=O)OC)CC1. The van der Waals surface area contributed by atoms with Gasteiger partial charge in [0.1, 0.15) is 5.75 Å². The minimum Gasteiger partial charge on any atom is -0.469 e. The molecule has 7 heteroatoms. The number of hydrogen-bond acceptors (Lipinski definition) is 5. The second-order valence-corrected chi connectivity index (χ2v) is 7.81. The maximum Gasteiger partial charge on any atom is 0.308 e. The summed E-state index contributed by atoms with van der Waals surface area (Å²) >= 11 is 0. The van der Waals surface area contributed by atoms with Crippen molar-refractivity contribution in [2.45, 2.75) is 40.2 Å². The Kier molecular flexibility index (Phi) is 7.87. The van der Waals surface area contributed by atoms with Gasteiger partial charge in [-0.1, -0.05) is 6.07 Å². The molecule has 0 radical (unpaired) electrons. The zero-order valence-electron chi connectivity index (χ0n) is 18.9. The van der Waals surface area contributed by atoms with Crippen LogP contribution in [0.15, 0.2) is 41.5 Å². The highest BCUT2D eigenvalue weighted by atomic mass is 16.5. The van der Waals surface area contributed by atoms with E-state index in [1.165, 1.54) is 18.2 Å². The molecule has 0 aliphatic carbocycles. The lowest BCUT2D eigenvalue weighted by Gasteiger charge is -2.33. The maximum absolute atomic E-state index is 11.8. The van der Waals surface area contributed by atoms with E-state index in [1.807, 2.05) is 30.3 Å². The van der Waals surface area contributed by atoms with Crippen molar-refractivity contribution in [3.8, 4) is 11.6 Å². The summed E-state index contributed by atoms with van der Waals surface area (Å²) in [6, 6.07) is 9.89. The molecule has 31 heavy (non-hydrogen) atoms. The number of benzene rings is 1. The van der Waals surface area contributed by atoms with E-state index in [2.05, 4.69) is 36.0 Å². The molecule has 1 saturated heterocycles. The van der Waals surface area contributed by atoms with E-state index in [0.717, 1.165) is 49.7 Å². The summed E-state index contributed by atoms with van der Waals surface area (Å²) < 4.78 is 10.8. The number of carbonyl (C=O) groups is 1. The Balaban J connectivity index is 1.65. The van der Waals surface area contributed by atoms with Gasteiger partial charge in [0, 0.05) is 31.9 Å². The second-order valence-electron chi connectivity index (χ2n) is 7.81. The van der Waals surface area contributed by atoms with Crippen molar-refractivity contribution in [2.75, 3.05) is 26.7 Å². The first-order valence-corrected chi connectivity index (χ1v) is 10.8. The molecule has 3 rings (SSSR count). The molecule has 1 fully saturated rings. The van der Waals surface area contributed by atoms with E-state index in [-0.39, 0.29) is 11.9 Å². The van der Waals surface area contributed by atoms with Crippen LogP contribution in [0, 0.1) is 19.8 Å². The Morgan fingerprint density at radius 3 is 2.65 bits per heavy atom. The van der Waals surface area contributed by atoms with Gasteiger partial charge in [0.05, 0.1) is 19.6 Å². The normalized spacial score (nSPS) is 15.0. The molecule has 166 valence electrons. The van der Waals surface area contributed by atoms with E-state index in [0.29, 0.717) is 12.4 Å². The first-order chi connectivity index (χ1) is 15.0. The van der Waals surface area contributed by atoms with Crippen molar-refractivity contribution in [3.05, 3.63) is 53.2 Å². The quantitative estimate of drug-likeness (QED) is 0.431. The molecule has 1 N–H and O–H groups in total. The van der Waals surface area contributed by atoms with E-state index in [1.54, 1.807) is 6.20 Å². The zero-order chi connectivity index (χ0) is 22.2. The summed E-state index contributed by atoms with van der Waals surface area (Å²) in [5.41, 5.74) is 3.44. The lowest BCUT2D eigenvalue weighted by atomic mass is 9.97. The average Bonchev–Trinajstić information content (AvgIpc) is 2.79. The molecule has 0 bridgehead atoms. The lowest BCUT2D eigenvalue weighted by Crippen LogP contribution is -2.46. The van der Waals surface area contributed by atoms with Gasteiger partial charge in [0.15, 0.2) is 5.96 Å². The molecule has 1 aromatic carbocycles. The fourth-order valence-electron chi connectivity index (χ4n) is 3.59. The summed E-state index contributed by atoms with van der Waals surface area (Å²) in [5, 5.41) is 3.36. The Morgan fingerprint density at radius 1 is 1.19 bits per heavy atom. The molecule has 0 spiro atoms. The van der Waals surface area contributed by atoms with Crippen LogP contribution in [-0.2, 0) is 16.1 Å². The standard InChI is InChI=1S/C24H32N4O3/c1-5-25-24(28-12-9-20(10-13-28)23(29)30-4)27-16-19-8-11-26-22(15-19)31-21-7-6-17(2)18(3)14-21/h6-8,11,14-15,20H,5,9-10,12-13,16H2,1-4H3,(H,25,27). The number of aryl methyl sites for hydroxylation is 2. The molecule has 0 unspecified atom stereocenters. The summed E-state index contributed by atoms with van der Waals surface area (Å²) in [6.07, 6.45) is 3.30. The zero-order valence-corrected chi connectivity index (χ0v) is 18.9. The molecule has 0 saturated carbocycles. The van der Waals surface area contributed by atoms with Crippen LogP contribution in [0.4, 0.5) is 0 Å². The summed E-state index contributed by atoms with van der Waals surface area (Å²) in [4.78, 5) is 23.1. The van der Waals surface area contributed by atoms with Crippen LogP contribution in [0.5, 0.6) is 11.6 Å². The number of aliphatic imine (C=N–C) groups is 1. The minimum absolute atomic E-state index is 0.0190. The fraction of sp³-hybridized carbons (Fsp3) is 0.458. The third kappa shape index (κ3) is 6.20. The van der Waals surface area contributed by atoms with Crippen LogP contribution in [0.25, 0.3) is 0 Å². The largest absolute Gasteiger partial charge is 0.469 e. The number of methoxy groups -OCH3 is 1. The first kappa shape index (κ1) is 22.6. The number of piperidine rings is 1. The fourth-order valence-corrected chi connectivity index (χ4v) is 3.59. The van der Waals surface area contributed by atoms with Crippen LogP contribution in [0.1, 0.15) is 36.5 Å². The van der Waals surface area contributed by atoms with Crippen LogP contribution in [0.3, 0.4) is 0 Å². The topological polar surface area (TPSA) is 76.1 Å². The average molecular weight is 425 g/mol. The number of nitrogens with one attached hydrogen (secondary N) is 1. The van der Waals surface area contributed by atoms with E-state index in [9.17, 15) is 4.79 Å². The summed E-state index contributed by atoms with van der Waals surface area (Å²) in [7, 11) is 1.45. The van der Waals surface area contributed by atoms with Gasteiger partial charge in [-0.2, -0.15) is 0 Å². The molecule has 2 aromatic rings. The van der Waals surface area contributed by atoms with Gasteiger partial charge in [-0.3, -0.25) is 4.79 Å². The van der Waals surface area contributed by atoms with Gasteiger partial charge in [0.2, 0.25) is 5.88 Å². The molecule has 1 aliphatic heterocycles. The van der Waals surface area contributed by atoms with Gasteiger partial charge < -0.3 is 19.7 Å². The highest BCUT2D eigenvalue weighted by Crippen LogP contribution is 2.23. The Morgan fingerprint density at radius 2 is 1.97 bits per heavy atom. The van der Waals surface area contributed by atoms with Crippen LogP contribution in [0.2, 0.25) is 0 Å². The van der Waals surface area contributed by atoms with Gasteiger partial charge in [-0.25, -0.2) is 9.98 Å². The maximum atomic E-state index is 11.8. The third-order valence-corrected chi connectivity index (χ3v) is 5.58. The number of nitrogens with zero attached hydrogens (tertiary/aromatic N) is 3. The van der Waals surface area contributed by atoms with E-state index in [4.69, 9.17) is 14.5 Å². The number of aromatic nitrogens is 1. The highest BCUT2D eigenvalue weighted by Gasteiger charge is 2.26. The van der Waals surface area contributed by atoms with Crippen molar-refractivity contribution in [3.63, 3.8) is 0 Å². The van der Waals surface area contributed by atoms with Crippen molar-refractivity contribution < 1.29 is 14.3 Å². The summed E-state index contributed by atoms with van der Waals surface area (Å²) in [5.74, 6) is 2.06. The molecule has 0 atom stereocenters. The number of rotatable bonds is 6. The molecule has 2 heterocycles. The Bertz CT molecular complexity index is 921. The van der Waals surface area contributed by atoms with Crippen molar-refractivity contribution >= 4 is 11.9 Å². The van der Waals surface area contributed by atoms with Gasteiger partial charge >= 0.3 is 5.97 Å². The van der Waals surface area contributed by atoms with Crippen LogP contribution < -0.4 is 10.1 Å². The van der Waals surface area contributed by atoms with Crippen molar-refractivity contribution in [1.29, 1.82) is 0 Å². The number of pyridine rings is 1. The monoisotopic (exact) mass is 424 g/mol. The number of carbonyl (C=O) groups excluding carboxylic acids is 1. The second kappa shape index (κ2) is 10.8. The number of ether oxygens (including phenoxy) is 2. The molecule has 1 aromatic heterocycles. The van der Waals surface area contributed by atoms with Crippen molar-refractivity contribution in [1.82, 2.24) is 15.2 Å². The summed E-state index contributed by atoms with van der Waals surface area (Å²) in [6.45, 7) is 9.07. The predicted molar refractivity (Wildman–Crippen MR) is 121 cm³/mol.